The molecule has 1 aliphatic rings. The van der Waals surface area contributed by atoms with E-state index in [9.17, 15) is 22.4 Å². The van der Waals surface area contributed by atoms with Crippen LogP contribution in [0, 0.1) is 11.7 Å². The SMILES string of the molecule is O=C(CNC(=O)[C@@H]1CCCN(S(=O)(=O)c2ccc(Cl)cc2)C1)Nc1cccc(F)c1. The maximum Gasteiger partial charge on any atom is 0.243 e. The van der Waals surface area contributed by atoms with Crippen LogP contribution in [0.1, 0.15) is 12.8 Å². The van der Waals surface area contributed by atoms with Crippen LogP contribution in [0.15, 0.2) is 53.4 Å². The number of nitrogens with zero attached hydrogens (tertiary/aromatic N) is 1. The van der Waals surface area contributed by atoms with Crippen molar-refractivity contribution in [2.24, 2.45) is 5.92 Å². The second-order valence-corrected chi connectivity index (χ2v) is 9.31. The number of benzene rings is 2. The van der Waals surface area contributed by atoms with Crippen LogP contribution in [-0.2, 0) is 19.6 Å². The van der Waals surface area contributed by atoms with Gasteiger partial charge in [0.05, 0.1) is 17.4 Å². The molecule has 0 spiro atoms. The Balaban J connectivity index is 1.56. The van der Waals surface area contributed by atoms with Crippen LogP contribution < -0.4 is 10.6 Å². The van der Waals surface area contributed by atoms with Crippen LogP contribution in [0.5, 0.6) is 0 Å². The maximum absolute atomic E-state index is 13.2. The highest BCUT2D eigenvalue weighted by molar-refractivity contribution is 7.89. The van der Waals surface area contributed by atoms with Crippen molar-refractivity contribution in [2.75, 3.05) is 25.0 Å². The van der Waals surface area contributed by atoms with Gasteiger partial charge in [-0.25, -0.2) is 12.8 Å². The zero-order valence-corrected chi connectivity index (χ0v) is 17.5. The normalized spacial score (nSPS) is 17.3. The maximum atomic E-state index is 13.2. The van der Waals surface area contributed by atoms with Crippen LogP contribution in [0.4, 0.5) is 10.1 Å². The van der Waals surface area contributed by atoms with Gasteiger partial charge in [-0.05, 0) is 55.3 Å². The number of hydrogen-bond donors (Lipinski definition) is 2. The van der Waals surface area contributed by atoms with Crippen LogP contribution >= 0.6 is 11.6 Å². The van der Waals surface area contributed by atoms with Crippen molar-refractivity contribution in [1.29, 1.82) is 0 Å². The summed E-state index contributed by atoms with van der Waals surface area (Å²) in [7, 11) is -3.74. The predicted molar refractivity (Wildman–Crippen MR) is 111 cm³/mol. The molecule has 30 heavy (non-hydrogen) atoms. The zero-order chi connectivity index (χ0) is 21.7. The molecule has 1 fully saturated rings. The molecule has 160 valence electrons. The summed E-state index contributed by atoms with van der Waals surface area (Å²) in [4.78, 5) is 24.6. The Morgan fingerprint density at radius 3 is 2.60 bits per heavy atom. The van der Waals surface area contributed by atoms with Crippen molar-refractivity contribution in [3.63, 3.8) is 0 Å². The molecule has 1 saturated heterocycles. The number of carbonyl (C=O) groups excluding carboxylic acids is 2. The number of halogens is 2. The Hall–Kier alpha value is -2.49. The Morgan fingerprint density at radius 1 is 1.17 bits per heavy atom. The fourth-order valence-electron chi connectivity index (χ4n) is 3.21. The minimum Gasteiger partial charge on any atom is -0.347 e. The Labute approximate surface area is 179 Å². The highest BCUT2D eigenvalue weighted by atomic mass is 35.5. The second kappa shape index (κ2) is 9.55. The van der Waals surface area contributed by atoms with E-state index in [1.54, 1.807) is 0 Å². The lowest BCUT2D eigenvalue weighted by atomic mass is 9.99. The number of anilines is 1. The molecule has 10 heteroatoms. The van der Waals surface area contributed by atoms with Gasteiger partial charge < -0.3 is 10.6 Å². The number of sulfonamides is 1. The molecule has 2 aromatic carbocycles. The molecule has 1 heterocycles. The molecular weight excluding hydrogens is 433 g/mol. The fraction of sp³-hybridized carbons (Fsp3) is 0.300. The molecule has 0 unspecified atom stereocenters. The first-order valence-electron chi connectivity index (χ1n) is 9.34. The number of carbonyl (C=O) groups is 2. The third-order valence-corrected chi connectivity index (χ3v) is 6.87. The summed E-state index contributed by atoms with van der Waals surface area (Å²) >= 11 is 5.82. The van der Waals surface area contributed by atoms with E-state index in [2.05, 4.69) is 10.6 Å². The molecule has 3 rings (SSSR count). The minimum atomic E-state index is -3.74. The van der Waals surface area contributed by atoms with Crippen molar-refractivity contribution in [3.8, 4) is 0 Å². The molecule has 0 saturated carbocycles. The molecule has 7 nitrogen and oxygen atoms in total. The Bertz CT molecular complexity index is 1030. The van der Waals surface area contributed by atoms with E-state index in [4.69, 9.17) is 11.6 Å². The molecule has 2 aromatic rings. The van der Waals surface area contributed by atoms with Crippen molar-refractivity contribution in [1.82, 2.24) is 9.62 Å². The van der Waals surface area contributed by atoms with E-state index >= 15 is 0 Å². The summed E-state index contributed by atoms with van der Waals surface area (Å²) in [5, 5.41) is 5.44. The molecule has 1 atom stereocenters. The second-order valence-electron chi connectivity index (χ2n) is 6.93. The fourth-order valence-corrected chi connectivity index (χ4v) is 4.86. The average Bonchev–Trinajstić information content (AvgIpc) is 2.72. The first-order chi connectivity index (χ1) is 14.3. The van der Waals surface area contributed by atoms with Gasteiger partial charge in [0.15, 0.2) is 0 Å². The van der Waals surface area contributed by atoms with E-state index in [0.717, 1.165) is 0 Å². The molecular formula is C20H21ClFN3O4S. The van der Waals surface area contributed by atoms with Crippen molar-refractivity contribution in [2.45, 2.75) is 17.7 Å². The highest BCUT2D eigenvalue weighted by Crippen LogP contribution is 2.24. The van der Waals surface area contributed by atoms with E-state index < -0.39 is 33.6 Å². The first-order valence-corrected chi connectivity index (χ1v) is 11.2. The minimum absolute atomic E-state index is 0.0301. The third kappa shape index (κ3) is 5.56. The smallest absolute Gasteiger partial charge is 0.243 e. The lowest BCUT2D eigenvalue weighted by Crippen LogP contribution is -2.46. The number of nitrogens with one attached hydrogen (secondary N) is 2. The Kier molecular flexibility index (Phi) is 7.06. The topological polar surface area (TPSA) is 95.6 Å². The molecule has 2 amide bonds. The standard InChI is InChI=1S/C20H21ClFN3O4S/c21-15-6-8-18(9-7-15)30(28,29)25-10-2-3-14(13-25)20(27)23-12-19(26)24-17-5-1-4-16(22)11-17/h1,4-9,11,14H,2-3,10,12-13H2,(H,23,27)(H,24,26)/t14-/m1/s1. The largest absolute Gasteiger partial charge is 0.347 e. The van der Waals surface area contributed by atoms with Crippen molar-refractivity contribution < 1.29 is 22.4 Å². The van der Waals surface area contributed by atoms with E-state index in [1.807, 2.05) is 0 Å². The van der Waals surface area contributed by atoms with Crippen LogP contribution in [0.3, 0.4) is 0 Å². The lowest BCUT2D eigenvalue weighted by molar-refractivity contribution is -0.128. The number of amides is 2. The van der Waals surface area contributed by atoms with Gasteiger partial charge in [-0.2, -0.15) is 4.31 Å². The summed E-state index contributed by atoms with van der Waals surface area (Å²) in [6.45, 7) is 0.0485. The average molecular weight is 454 g/mol. The molecule has 1 aliphatic heterocycles. The third-order valence-electron chi connectivity index (χ3n) is 4.74. The summed E-state index contributed by atoms with van der Waals surface area (Å²) < 4.78 is 40.1. The van der Waals surface area contributed by atoms with Gasteiger partial charge in [0.25, 0.3) is 0 Å². The van der Waals surface area contributed by atoms with Gasteiger partial charge in [0.1, 0.15) is 5.82 Å². The van der Waals surface area contributed by atoms with Crippen molar-refractivity contribution in [3.05, 3.63) is 59.4 Å². The van der Waals surface area contributed by atoms with E-state index in [0.29, 0.717) is 24.4 Å². The summed E-state index contributed by atoms with van der Waals surface area (Å²) in [5.41, 5.74) is 0.284. The van der Waals surface area contributed by atoms with Crippen LogP contribution in [0.2, 0.25) is 5.02 Å². The molecule has 0 bridgehead atoms. The molecule has 0 aromatic heterocycles. The quantitative estimate of drug-likeness (QED) is 0.702. The van der Waals surface area contributed by atoms with Gasteiger partial charge in [-0.15, -0.1) is 0 Å². The zero-order valence-electron chi connectivity index (χ0n) is 16.0. The highest BCUT2D eigenvalue weighted by Gasteiger charge is 2.33. The van der Waals surface area contributed by atoms with Gasteiger partial charge in [0, 0.05) is 23.8 Å². The predicted octanol–water partition coefficient (Wildman–Crippen LogP) is 2.63. The summed E-state index contributed by atoms with van der Waals surface area (Å²) in [6.07, 6.45) is 1.05. The van der Waals surface area contributed by atoms with Crippen molar-refractivity contribution >= 4 is 39.1 Å². The molecule has 0 radical (unpaired) electrons. The van der Waals surface area contributed by atoms with Crippen LogP contribution in [-0.4, -0.2) is 44.2 Å². The first kappa shape index (κ1) is 22.2. The van der Waals surface area contributed by atoms with Gasteiger partial charge >= 0.3 is 0 Å². The summed E-state index contributed by atoms with van der Waals surface area (Å²) in [6, 6.07) is 11.3. The van der Waals surface area contributed by atoms with Crippen LogP contribution in [0.25, 0.3) is 0 Å². The number of rotatable bonds is 6. The molecule has 2 N–H and O–H groups in total. The molecule has 0 aliphatic carbocycles. The summed E-state index contributed by atoms with van der Waals surface area (Å²) in [5.74, 6) is -1.96. The number of piperidine rings is 1. The Morgan fingerprint density at radius 2 is 1.90 bits per heavy atom. The monoisotopic (exact) mass is 453 g/mol. The van der Waals surface area contributed by atoms with Gasteiger partial charge in [-0.1, -0.05) is 17.7 Å². The lowest BCUT2D eigenvalue weighted by Gasteiger charge is -2.31. The van der Waals surface area contributed by atoms with E-state index in [-0.39, 0.29) is 23.7 Å². The van der Waals surface area contributed by atoms with Gasteiger partial charge in [0.2, 0.25) is 21.8 Å². The van der Waals surface area contributed by atoms with E-state index in [1.165, 1.54) is 52.8 Å². The number of hydrogen-bond acceptors (Lipinski definition) is 4. The van der Waals surface area contributed by atoms with Gasteiger partial charge in [-0.3, -0.25) is 9.59 Å².